The minimum atomic E-state index is -0.630. The van der Waals surface area contributed by atoms with Crippen LogP contribution in [0.2, 0.25) is 0 Å². The van der Waals surface area contributed by atoms with Crippen LogP contribution in [-0.4, -0.2) is 61.6 Å². The van der Waals surface area contributed by atoms with Gasteiger partial charge in [-0.1, -0.05) is 18.2 Å². The zero-order valence-corrected chi connectivity index (χ0v) is 16.4. The van der Waals surface area contributed by atoms with Crippen molar-refractivity contribution in [2.45, 2.75) is 12.5 Å². The van der Waals surface area contributed by atoms with Crippen molar-refractivity contribution in [3.8, 4) is 5.75 Å². The molecule has 8 nitrogen and oxygen atoms in total. The van der Waals surface area contributed by atoms with Gasteiger partial charge in [0.2, 0.25) is 5.91 Å². The molecule has 0 aliphatic carbocycles. The summed E-state index contributed by atoms with van der Waals surface area (Å²) in [5.74, 6) is -0.0711. The number of hydrogen-bond acceptors (Lipinski definition) is 5. The van der Waals surface area contributed by atoms with Gasteiger partial charge in [0, 0.05) is 30.8 Å². The summed E-state index contributed by atoms with van der Waals surface area (Å²) in [4.78, 5) is 38.6. The number of amides is 3. The standard InChI is InChI=1S/C22H23N3O5/c26-20(25-9-11-29-12-10-25)14-30-17-7-5-16(6-8-17)23-22(28)19-13-15-3-1-2-4-18(15)21(27)24-19/h1-8,19H,9-14H2,(H,23,28)(H,24,27). The molecular formula is C22H23N3O5. The molecule has 1 saturated heterocycles. The number of nitrogens with zero attached hydrogens (tertiary/aromatic N) is 1. The summed E-state index contributed by atoms with van der Waals surface area (Å²) < 4.78 is 10.8. The maximum absolute atomic E-state index is 12.6. The highest BCUT2D eigenvalue weighted by Gasteiger charge is 2.28. The second-order valence-electron chi connectivity index (χ2n) is 7.18. The molecule has 156 valence electrons. The molecule has 2 N–H and O–H groups in total. The third-order valence-electron chi connectivity index (χ3n) is 5.16. The predicted molar refractivity (Wildman–Crippen MR) is 109 cm³/mol. The molecule has 4 rings (SSSR count). The number of carbonyl (C=O) groups is 3. The highest BCUT2D eigenvalue weighted by atomic mass is 16.5. The van der Waals surface area contributed by atoms with Crippen molar-refractivity contribution in [1.82, 2.24) is 10.2 Å². The number of hydrogen-bond donors (Lipinski definition) is 2. The average Bonchev–Trinajstić information content (AvgIpc) is 2.79. The number of fused-ring (bicyclic) bond motifs is 1. The summed E-state index contributed by atoms with van der Waals surface area (Å²) in [5, 5.41) is 5.55. The Hall–Kier alpha value is -3.39. The molecule has 2 aromatic rings. The number of ether oxygens (including phenoxy) is 2. The molecule has 2 aliphatic rings. The summed E-state index contributed by atoms with van der Waals surface area (Å²) >= 11 is 0. The number of benzene rings is 2. The molecule has 0 bridgehead atoms. The van der Waals surface area contributed by atoms with E-state index in [1.54, 1.807) is 41.3 Å². The molecule has 1 atom stereocenters. The van der Waals surface area contributed by atoms with Gasteiger partial charge in [-0.2, -0.15) is 0 Å². The number of anilines is 1. The van der Waals surface area contributed by atoms with E-state index in [4.69, 9.17) is 9.47 Å². The predicted octanol–water partition coefficient (Wildman–Crippen LogP) is 1.22. The molecule has 0 spiro atoms. The van der Waals surface area contributed by atoms with Gasteiger partial charge in [-0.15, -0.1) is 0 Å². The molecule has 3 amide bonds. The molecule has 1 fully saturated rings. The maximum atomic E-state index is 12.6. The molecule has 2 aliphatic heterocycles. The van der Waals surface area contributed by atoms with Gasteiger partial charge in [0.05, 0.1) is 13.2 Å². The van der Waals surface area contributed by atoms with E-state index in [-0.39, 0.29) is 24.3 Å². The summed E-state index contributed by atoms with van der Waals surface area (Å²) in [7, 11) is 0. The first-order valence-electron chi connectivity index (χ1n) is 9.88. The van der Waals surface area contributed by atoms with Crippen molar-refractivity contribution in [1.29, 1.82) is 0 Å². The summed E-state index contributed by atoms with van der Waals surface area (Å²) in [6.07, 6.45) is 0.443. The van der Waals surface area contributed by atoms with Crippen LogP contribution >= 0.6 is 0 Å². The van der Waals surface area contributed by atoms with Gasteiger partial charge < -0.3 is 25.0 Å². The van der Waals surface area contributed by atoms with Crippen LogP contribution in [0.5, 0.6) is 5.75 Å². The number of rotatable bonds is 5. The Labute approximate surface area is 174 Å². The Morgan fingerprint density at radius 2 is 1.83 bits per heavy atom. The van der Waals surface area contributed by atoms with Gasteiger partial charge >= 0.3 is 0 Å². The first-order chi connectivity index (χ1) is 14.6. The van der Waals surface area contributed by atoms with Gasteiger partial charge in [-0.25, -0.2) is 0 Å². The topological polar surface area (TPSA) is 97.0 Å². The molecular weight excluding hydrogens is 386 g/mol. The molecule has 2 aromatic carbocycles. The van der Waals surface area contributed by atoms with Gasteiger partial charge in [-0.05, 0) is 35.9 Å². The minimum Gasteiger partial charge on any atom is -0.484 e. The van der Waals surface area contributed by atoms with Gasteiger partial charge in [0.1, 0.15) is 11.8 Å². The molecule has 0 aromatic heterocycles. The average molecular weight is 409 g/mol. The van der Waals surface area contributed by atoms with Crippen molar-refractivity contribution in [3.63, 3.8) is 0 Å². The summed E-state index contributed by atoms with van der Waals surface area (Å²) in [5.41, 5.74) is 2.05. The van der Waals surface area contributed by atoms with Crippen molar-refractivity contribution < 1.29 is 23.9 Å². The lowest BCUT2D eigenvalue weighted by atomic mass is 9.95. The van der Waals surface area contributed by atoms with E-state index >= 15 is 0 Å². The Balaban J connectivity index is 1.30. The molecule has 1 unspecified atom stereocenters. The highest BCUT2D eigenvalue weighted by molar-refractivity contribution is 6.03. The van der Waals surface area contributed by atoms with Crippen molar-refractivity contribution in [2.75, 3.05) is 38.2 Å². The highest BCUT2D eigenvalue weighted by Crippen LogP contribution is 2.19. The second-order valence-corrected chi connectivity index (χ2v) is 7.18. The van der Waals surface area contributed by atoms with E-state index in [1.165, 1.54) is 0 Å². The Morgan fingerprint density at radius 1 is 1.10 bits per heavy atom. The number of carbonyl (C=O) groups excluding carboxylic acids is 3. The summed E-state index contributed by atoms with van der Waals surface area (Å²) in [6.45, 7) is 2.21. The first kappa shape index (κ1) is 19.9. The van der Waals surface area contributed by atoms with E-state index < -0.39 is 6.04 Å². The zero-order valence-electron chi connectivity index (χ0n) is 16.4. The van der Waals surface area contributed by atoms with E-state index in [0.717, 1.165) is 5.56 Å². The van der Waals surface area contributed by atoms with E-state index in [9.17, 15) is 14.4 Å². The van der Waals surface area contributed by atoms with Gasteiger partial charge in [0.25, 0.3) is 11.8 Å². The first-order valence-corrected chi connectivity index (χ1v) is 9.88. The molecule has 0 radical (unpaired) electrons. The third kappa shape index (κ3) is 4.60. The van der Waals surface area contributed by atoms with Crippen molar-refractivity contribution >= 4 is 23.4 Å². The van der Waals surface area contributed by atoms with E-state index in [1.807, 2.05) is 12.1 Å². The largest absolute Gasteiger partial charge is 0.484 e. The Kier molecular flexibility index (Phi) is 5.94. The zero-order chi connectivity index (χ0) is 20.9. The number of nitrogens with one attached hydrogen (secondary N) is 2. The third-order valence-corrected chi connectivity index (χ3v) is 5.16. The van der Waals surface area contributed by atoms with Crippen LogP contribution in [0, 0.1) is 0 Å². The maximum Gasteiger partial charge on any atom is 0.260 e. The smallest absolute Gasteiger partial charge is 0.260 e. The van der Waals surface area contributed by atoms with Gasteiger partial charge in [-0.3, -0.25) is 14.4 Å². The summed E-state index contributed by atoms with van der Waals surface area (Å²) in [6, 6.07) is 13.4. The van der Waals surface area contributed by atoms with Crippen molar-refractivity contribution in [3.05, 3.63) is 59.7 Å². The van der Waals surface area contributed by atoms with Gasteiger partial charge in [0.15, 0.2) is 6.61 Å². The lowest BCUT2D eigenvalue weighted by Crippen LogP contribution is -2.48. The number of morpholine rings is 1. The van der Waals surface area contributed by atoms with Crippen LogP contribution in [0.15, 0.2) is 48.5 Å². The van der Waals surface area contributed by atoms with Crippen LogP contribution in [0.3, 0.4) is 0 Å². The lowest BCUT2D eigenvalue weighted by molar-refractivity contribution is -0.137. The lowest BCUT2D eigenvalue weighted by Gasteiger charge is -2.26. The molecule has 8 heteroatoms. The molecule has 0 saturated carbocycles. The minimum absolute atomic E-state index is 0.0424. The fourth-order valence-corrected chi connectivity index (χ4v) is 3.50. The van der Waals surface area contributed by atoms with Crippen LogP contribution in [0.4, 0.5) is 5.69 Å². The Morgan fingerprint density at radius 3 is 2.60 bits per heavy atom. The van der Waals surface area contributed by atoms with Crippen molar-refractivity contribution in [2.24, 2.45) is 0 Å². The quantitative estimate of drug-likeness (QED) is 0.774. The van der Waals surface area contributed by atoms with E-state index in [0.29, 0.717) is 49.7 Å². The fourth-order valence-electron chi connectivity index (χ4n) is 3.50. The van der Waals surface area contributed by atoms with Crippen LogP contribution in [-0.2, 0) is 20.7 Å². The molecule has 30 heavy (non-hydrogen) atoms. The molecule has 2 heterocycles. The SMILES string of the molecule is O=C1NC(C(=O)Nc2ccc(OCC(=O)N3CCOCC3)cc2)Cc2ccccc21. The second kappa shape index (κ2) is 8.96. The monoisotopic (exact) mass is 409 g/mol. The fraction of sp³-hybridized carbons (Fsp3) is 0.318. The van der Waals surface area contributed by atoms with Crippen LogP contribution in [0.25, 0.3) is 0 Å². The normalized spacial score (nSPS) is 18.2. The van der Waals surface area contributed by atoms with Crippen LogP contribution < -0.4 is 15.4 Å². The van der Waals surface area contributed by atoms with Crippen LogP contribution in [0.1, 0.15) is 15.9 Å². The Bertz CT molecular complexity index is 938. The van der Waals surface area contributed by atoms with E-state index in [2.05, 4.69) is 10.6 Å².